The molecule has 136 valence electrons. The summed E-state index contributed by atoms with van der Waals surface area (Å²) >= 11 is 2.78. The third-order valence-corrected chi connectivity index (χ3v) is 5.80. The number of hydrogen-bond acceptors (Lipinski definition) is 7. The highest BCUT2D eigenvalue weighted by Crippen LogP contribution is 2.29. The minimum Gasteiger partial charge on any atom is -0.383 e. The average molecular weight is 390 g/mol. The lowest BCUT2D eigenvalue weighted by Gasteiger charge is -2.08. The molecule has 0 aliphatic heterocycles. The zero-order valence-corrected chi connectivity index (χ0v) is 16.2. The van der Waals surface area contributed by atoms with E-state index in [0.717, 1.165) is 16.3 Å². The van der Waals surface area contributed by atoms with Crippen LogP contribution in [0.2, 0.25) is 0 Å². The van der Waals surface area contributed by atoms with Gasteiger partial charge in [0.05, 0.1) is 11.5 Å². The molecule has 0 aliphatic carbocycles. The van der Waals surface area contributed by atoms with Crippen LogP contribution in [0.3, 0.4) is 0 Å². The van der Waals surface area contributed by atoms with Crippen LogP contribution in [0.15, 0.2) is 23.6 Å². The van der Waals surface area contributed by atoms with E-state index in [9.17, 15) is 9.59 Å². The Morgan fingerprint density at radius 2 is 2.12 bits per heavy atom. The molecule has 3 heterocycles. The summed E-state index contributed by atoms with van der Waals surface area (Å²) in [7, 11) is 1.63. The second kappa shape index (κ2) is 7.90. The van der Waals surface area contributed by atoms with Crippen molar-refractivity contribution >= 4 is 39.5 Å². The predicted octanol–water partition coefficient (Wildman–Crippen LogP) is 3.15. The van der Waals surface area contributed by atoms with Gasteiger partial charge in [0, 0.05) is 30.6 Å². The Labute approximate surface area is 158 Å². The Kier molecular flexibility index (Phi) is 5.60. The summed E-state index contributed by atoms with van der Waals surface area (Å²) in [4.78, 5) is 25.9. The Bertz CT molecular complexity index is 928. The molecule has 0 unspecified atom stereocenters. The summed E-state index contributed by atoms with van der Waals surface area (Å²) in [6, 6.07) is 5.57. The van der Waals surface area contributed by atoms with Gasteiger partial charge in [-0.3, -0.25) is 14.9 Å². The molecule has 1 amide bonds. The van der Waals surface area contributed by atoms with Crippen molar-refractivity contribution in [2.24, 2.45) is 0 Å². The number of methoxy groups -OCH3 is 1. The Balaban J connectivity index is 1.73. The molecule has 0 saturated heterocycles. The maximum atomic E-state index is 12.5. The van der Waals surface area contributed by atoms with Gasteiger partial charge in [-0.05, 0) is 31.4 Å². The van der Waals surface area contributed by atoms with Crippen LogP contribution in [-0.4, -0.2) is 40.2 Å². The fourth-order valence-corrected chi connectivity index (χ4v) is 4.14. The number of amides is 1. The summed E-state index contributed by atoms with van der Waals surface area (Å²) in [5, 5.41) is 13.5. The van der Waals surface area contributed by atoms with Crippen molar-refractivity contribution < 1.29 is 14.3 Å². The quantitative estimate of drug-likeness (QED) is 0.495. The highest BCUT2D eigenvalue weighted by Gasteiger charge is 2.23. The number of aromatic nitrogens is 3. The summed E-state index contributed by atoms with van der Waals surface area (Å²) in [6.45, 7) is 4.88. The van der Waals surface area contributed by atoms with Crippen molar-refractivity contribution in [3.63, 3.8) is 0 Å². The summed E-state index contributed by atoms with van der Waals surface area (Å²) < 4.78 is 7.05. The van der Waals surface area contributed by atoms with Crippen molar-refractivity contribution in [1.29, 1.82) is 0 Å². The molecule has 0 bridgehead atoms. The molecule has 3 aromatic rings. The molecule has 0 fully saturated rings. The highest BCUT2D eigenvalue weighted by molar-refractivity contribution is 7.23. The first-order valence-electron chi connectivity index (χ1n) is 7.90. The van der Waals surface area contributed by atoms with Gasteiger partial charge in [-0.2, -0.15) is 0 Å². The number of thiophene rings is 1. The van der Waals surface area contributed by atoms with Crippen LogP contribution in [0.25, 0.3) is 9.88 Å². The standard InChI is InChI=1S/C17H18N4O3S2/c1-10-9-12(11(2)21(10)6-7-24-3)14(22)15(23)18-17-20-19-16(26-17)13-5-4-8-25-13/h4-5,8-9H,6-7H2,1-3H3,(H,18,20,23). The molecule has 0 atom stereocenters. The van der Waals surface area contributed by atoms with E-state index in [-0.39, 0.29) is 0 Å². The molecule has 3 aromatic heterocycles. The van der Waals surface area contributed by atoms with Gasteiger partial charge in [0.25, 0.3) is 11.7 Å². The van der Waals surface area contributed by atoms with Crippen LogP contribution < -0.4 is 5.32 Å². The number of hydrogen-bond donors (Lipinski definition) is 1. The average Bonchev–Trinajstić information content (AvgIpc) is 3.34. The van der Waals surface area contributed by atoms with Crippen molar-refractivity contribution in [3.05, 3.63) is 40.5 Å². The van der Waals surface area contributed by atoms with E-state index in [1.165, 1.54) is 22.7 Å². The number of nitrogens with one attached hydrogen (secondary N) is 1. The van der Waals surface area contributed by atoms with E-state index >= 15 is 0 Å². The SMILES string of the molecule is COCCn1c(C)cc(C(=O)C(=O)Nc2nnc(-c3cccs3)s2)c1C. The number of nitrogens with zero attached hydrogens (tertiary/aromatic N) is 3. The highest BCUT2D eigenvalue weighted by atomic mass is 32.1. The topological polar surface area (TPSA) is 86.1 Å². The monoisotopic (exact) mass is 390 g/mol. The van der Waals surface area contributed by atoms with Crippen molar-refractivity contribution in [2.45, 2.75) is 20.4 Å². The van der Waals surface area contributed by atoms with Gasteiger partial charge in [0.1, 0.15) is 0 Å². The number of anilines is 1. The molecule has 0 aromatic carbocycles. The van der Waals surface area contributed by atoms with Crippen molar-refractivity contribution in [2.75, 3.05) is 19.0 Å². The molecule has 0 aliphatic rings. The largest absolute Gasteiger partial charge is 0.383 e. The zero-order chi connectivity index (χ0) is 18.7. The third-order valence-electron chi connectivity index (χ3n) is 3.92. The molecule has 0 saturated carbocycles. The van der Waals surface area contributed by atoms with E-state index in [0.29, 0.717) is 28.9 Å². The molecule has 26 heavy (non-hydrogen) atoms. The second-order valence-corrected chi connectivity index (χ2v) is 7.53. The first kappa shape index (κ1) is 18.4. The van der Waals surface area contributed by atoms with Crippen LogP contribution >= 0.6 is 22.7 Å². The van der Waals surface area contributed by atoms with Crippen molar-refractivity contribution in [3.8, 4) is 9.88 Å². The third kappa shape index (κ3) is 3.74. The molecule has 9 heteroatoms. The zero-order valence-electron chi connectivity index (χ0n) is 14.6. The van der Waals surface area contributed by atoms with Gasteiger partial charge in [-0.1, -0.05) is 17.4 Å². The number of ketones is 1. The lowest BCUT2D eigenvalue weighted by Crippen LogP contribution is -2.23. The number of carbonyl (C=O) groups is 2. The summed E-state index contributed by atoms with van der Waals surface area (Å²) in [5.41, 5.74) is 2.04. The maximum Gasteiger partial charge on any atom is 0.298 e. The molecule has 7 nitrogen and oxygen atoms in total. The lowest BCUT2D eigenvalue weighted by atomic mass is 10.1. The van der Waals surface area contributed by atoms with Crippen LogP contribution in [-0.2, 0) is 16.1 Å². The van der Waals surface area contributed by atoms with Crippen LogP contribution in [0, 0.1) is 13.8 Å². The Hall–Kier alpha value is -2.36. The van der Waals surface area contributed by atoms with Crippen LogP contribution in [0.1, 0.15) is 21.7 Å². The first-order valence-corrected chi connectivity index (χ1v) is 9.59. The van der Waals surface area contributed by atoms with Crippen LogP contribution in [0.4, 0.5) is 5.13 Å². The predicted molar refractivity (Wildman–Crippen MR) is 102 cm³/mol. The second-order valence-electron chi connectivity index (χ2n) is 5.60. The van der Waals surface area contributed by atoms with Gasteiger partial charge < -0.3 is 9.30 Å². The number of rotatable bonds is 7. The number of aryl methyl sites for hydroxylation is 1. The molecular formula is C17H18N4O3S2. The van der Waals surface area contributed by atoms with E-state index in [1.807, 2.05) is 35.9 Å². The number of carbonyl (C=O) groups excluding carboxylic acids is 2. The summed E-state index contributed by atoms with van der Waals surface area (Å²) in [6.07, 6.45) is 0. The van der Waals surface area contributed by atoms with Gasteiger partial charge in [0.2, 0.25) is 5.13 Å². The molecule has 1 N–H and O–H groups in total. The van der Waals surface area contributed by atoms with E-state index in [4.69, 9.17) is 4.74 Å². The van der Waals surface area contributed by atoms with Gasteiger partial charge >= 0.3 is 0 Å². The maximum absolute atomic E-state index is 12.5. The number of Topliss-reactive ketones (excluding diaryl/α,β-unsaturated/α-hetero) is 1. The fourth-order valence-electron chi connectivity index (χ4n) is 2.61. The van der Waals surface area contributed by atoms with Gasteiger partial charge in [0.15, 0.2) is 5.01 Å². The van der Waals surface area contributed by atoms with Crippen molar-refractivity contribution in [1.82, 2.24) is 14.8 Å². The number of ether oxygens (including phenoxy) is 1. The van der Waals surface area contributed by atoms with E-state index in [2.05, 4.69) is 15.5 Å². The Morgan fingerprint density at radius 1 is 1.31 bits per heavy atom. The molecule has 0 radical (unpaired) electrons. The first-order chi connectivity index (χ1) is 12.5. The minimum atomic E-state index is -0.717. The van der Waals surface area contributed by atoms with E-state index < -0.39 is 11.7 Å². The molecular weight excluding hydrogens is 372 g/mol. The van der Waals surface area contributed by atoms with Gasteiger partial charge in [-0.25, -0.2) is 0 Å². The normalized spacial score (nSPS) is 10.9. The van der Waals surface area contributed by atoms with E-state index in [1.54, 1.807) is 13.2 Å². The Morgan fingerprint density at radius 3 is 2.81 bits per heavy atom. The molecule has 3 rings (SSSR count). The smallest absolute Gasteiger partial charge is 0.298 e. The lowest BCUT2D eigenvalue weighted by molar-refractivity contribution is -0.112. The minimum absolute atomic E-state index is 0.306. The fraction of sp³-hybridized carbons (Fsp3) is 0.294. The van der Waals surface area contributed by atoms with Gasteiger partial charge in [-0.15, -0.1) is 21.5 Å². The van der Waals surface area contributed by atoms with Crippen LogP contribution in [0.5, 0.6) is 0 Å². The molecule has 0 spiro atoms. The summed E-state index contributed by atoms with van der Waals surface area (Å²) in [5.74, 6) is -1.31.